The zero-order valence-electron chi connectivity index (χ0n) is 33.0. The highest BCUT2D eigenvalue weighted by Crippen LogP contribution is 2.68. The van der Waals surface area contributed by atoms with Crippen molar-refractivity contribution in [2.24, 2.45) is 11.3 Å². The molecule has 3 fully saturated rings. The van der Waals surface area contributed by atoms with Crippen LogP contribution in [0.25, 0.3) is 10.9 Å². The van der Waals surface area contributed by atoms with E-state index < -0.39 is 33.9 Å². The Morgan fingerprint density at radius 1 is 0.982 bits per heavy atom. The van der Waals surface area contributed by atoms with Crippen LogP contribution in [0, 0.1) is 11.3 Å². The van der Waals surface area contributed by atoms with Crippen LogP contribution in [0.4, 0.5) is 5.69 Å². The maximum atomic E-state index is 15.2. The number of ether oxygens (including phenoxy) is 3. The first kappa shape index (κ1) is 36.3. The number of nitrogens with one attached hydrogen (secondary N) is 1. The van der Waals surface area contributed by atoms with Crippen LogP contribution in [0.3, 0.4) is 0 Å². The molecule has 292 valence electrons. The molecular weight excluding hydrogens is 697 g/mol. The van der Waals surface area contributed by atoms with Gasteiger partial charge in [0.2, 0.25) is 5.91 Å². The summed E-state index contributed by atoms with van der Waals surface area (Å²) in [6, 6.07) is 11.4. The second-order valence-corrected chi connectivity index (χ2v) is 17.2. The Balaban J connectivity index is 1.37. The maximum Gasteiger partial charge on any atom is 0.340 e. The summed E-state index contributed by atoms with van der Waals surface area (Å²) in [4.78, 5) is 53.4. The highest BCUT2D eigenvalue weighted by atomic mass is 16.5. The van der Waals surface area contributed by atoms with E-state index in [1.54, 1.807) is 7.11 Å². The molecule has 2 bridgehead atoms. The van der Waals surface area contributed by atoms with Crippen molar-refractivity contribution in [2.45, 2.75) is 93.7 Å². The van der Waals surface area contributed by atoms with Gasteiger partial charge in [0.05, 0.1) is 27.4 Å². The fourth-order valence-electron chi connectivity index (χ4n) is 12.9. The standard InChI is InChI=1S/C44H54N4O7/c1-7-26-19-27-22-43(39(50)54-5,36-29(14-17-47(23-26)24-27)28-11-9-10-12-32(28)45-36)31-20-30-33(21-34(31)53-4)46(3)38-42(30)16-18-48-35(49)13-15-41(8-2,37(42)48)25-44(38,52)40(51)55-6/h9-12,19-21,27,37-38,45,52H,7-8,13-18,22-25H2,1-6H3/t27-,37-,38+,41-,42+,43-,44+/m0/s1. The van der Waals surface area contributed by atoms with Crippen LogP contribution >= 0.6 is 0 Å². The van der Waals surface area contributed by atoms with E-state index in [-0.39, 0.29) is 30.3 Å². The number of H-pyrrole nitrogens is 1. The Hall–Kier alpha value is -4.35. The van der Waals surface area contributed by atoms with Crippen molar-refractivity contribution in [2.75, 3.05) is 59.5 Å². The van der Waals surface area contributed by atoms with Gasteiger partial charge < -0.3 is 34.1 Å². The predicted molar refractivity (Wildman–Crippen MR) is 208 cm³/mol. The van der Waals surface area contributed by atoms with E-state index in [2.05, 4.69) is 48.0 Å². The van der Waals surface area contributed by atoms with Gasteiger partial charge in [0, 0.05) is 85.0 Å². The number of aromatic amines is 1. The van der Waals surface area contributed by atoms with Gasteiger partial charge in [-0.15, -0.1) is 0 Å². The molecule has 11 nitrogen and oxygen atoms in total. The first-order valence-electron chi connectivity index (χ1n) is 20.1. The second kappa shape index (κ2) is 12.6. The van der Waals surface area contributed by atoms with Crippen LogP contribution in [-0.2, 0) is 41.1 Å². The molecule has 1 unspecified atom stereocenters. The molecule has 1 aliphatic carbocycles. The number of carbonyl (C=O) groups excluding carboxylic acids is 3. The first-order valence-corrected chi connectivity index (χ1v) is 20.1. The molecule has 6 aliphatic rings. The normalized spacial score (nSPS) is 34.7. The molecule has 11 heteroatoms. The number of benzene rings is 2. The number of likely N-dealkylation sites (N-methyl/N-ethyl adjacent to an activating group) is 1. The van der Waals surface area contributed by atoms with Crippen molar-refractivity contribution in [1.82, 2.24) is 14.8 Å². The maximum absolute atomic E-state index is 15.2. The number of amides is 1. The number of hydrogen-bond acceptors (Lipinski definition) is 9. The number of nitrogens with zero attached hydrogens (tertiary/aromatic N) is 3. The van der Waals surface area contributed by atoms with E-state index in [9.17, 15) is 14.7 Å². The highest BCUT2D eigenvalue weighted by molar-refractivity contribution is 5.95. The van der Waals surface area contributed by atoms with Gasteiger partial charge >= 0.3 is 11.9 Å². The largest absolute Gasteiger partial charge is 0.496 e. The van der Waals surface area contributed by atoms with E-state index in [1.165, 1.54) is 19.8 Å². The summed E-state index contributed by atoms with van der Waals surface area (Å²) < 4.78 is 17.7. The van der Waals surface area contributed by atoms with Crippen molar-refractivity contribution >= 4 is 34.4 Å². The van der Waals surface area contributed by atoms with Crippen molar-refractivity contribution in [3.8, 4) is 5.75 Å². The lowest BCUT2D eigenvalue weighted by Crippen LogP contribution is -2.75. The lowest BCUT2D eigenvalue weighted by atomic mass is 9.48. The topological polar surface area (TPSA) is 125 Å². The summed E-state index contributed by atoms with van der Waals surface area (Å²) >= 11 is 0. The summed E-state index contributed by atoms with van der Waals surface area (Å²) in [6.45, 7) is 7.41. The number of aliphatic hydroxyl groups is 1. The lowest BCUT2D eigenvalue weighted by Gasteiger charge is -2.62. The minimum Gasteiger partial charge on any atom is -0.496 e. The quantitative estimate of drug-likeness (QED) is 0.265. The number of hydrogen-bond donors (Lipinski definition) is 2. The molecule has 2 aromatic carbocycles. The third-order valence-corrected chi connectivity index (χ3v) is 15.0. The Morgan fingerprint density at radius 2 is 1.76 bits per heavy atom. The van der Waals surface area contributed by atoms with Crippen LogP contribution in [0.15, 0.2) is 48.0 Å². The van der Waals surface area contributed by atoms with Gasteiger partial charge in [-0.3, -0.25) is 14.5 Å². The molecule has 8 atom stereocenters. The minimum absolute atomic E-state index is 0.0384. The molecule has 2 saturated heterocycles. The molecule has 3 aromatic rings. The molecule has 6 heterocycles. The third kappa shape index (κ3) is 4.65. The molecule has 1 aromatic heterocycles. The molecule has 1 amide bonds. The van der Waals surface area contributed by atoms with E-state index >= 15 is 4.79 Å². The molecule has 0 radical (unpaired) electrons. The molecule has 1 spiro atoms. The van der Waals surface area contributed by atoms with E-state index in [4.69, 9.17) is 14.2 Å². The van der Waals surface area contributed by atoms with Gasteiger partial charge in [0.15, 0.2) is 5.60 Å². The molecule has 55 heavy (non-hydrogen) atoms. The number of para-hydroxylation sites is 1. The van der Waals surface area contributed by atoms with E-state index in [0.717, 1.165) is 65.9 Å². The number of carbonyl (C=O) groups is 3. The average molecular weight is 751 g/mol. The number of anilines is 1. The highest BCUT2D eigenvalue weighted by Gasteiger charge is 2.77. The number of fused-ring (bicyclic) bond motifs is 6. The average Bonchev–Trinajstić information content (AvgIpc) is 3.87. The van der Waals surface area contributed by atoms with Gasteiger partial charge in [0.1, 0.15) is 11.2 Å². The summed E-state index contributed by atoms with van der Waals surface area (Å²) in [5.41, 5.74) is 2.13. The number of methoxy groups -OCH3 is 3. The predicted octanol–water partition coefficient (Wildman–Crippen LogP) is 5.01. The smallest absolute Gasteiger partial charge is 0.340 e. The zero-order chi connectivity index (χ0) is 38.7. The monoisotopic (exact) mass is 750 g/mol. The van der Waals surface area contributed by atoms with Gasteiger partial charge in [-0.2, -0.15) is 0 Å². The lowest BCUT2D eigenvalue weighted by molar-refractivity contribution is -0.190. The molecule has 1 saturated carbocycles. The molecule has 9 rings (SSSR count). The van der Waals surface area contributed by atoms with Gasteiger partial charge in [-0.25, -0.2) is 4.79 Å². The van der Waals surface area contributed by atoms with Crippen LogP contribution in [0.1, 0.15) is 81.2 Å². The van der Waals surface area contributed by atoms with Crippen LogP contribution in [0.5, 0.6) is 5.75 Å². The summed E-state index contributed by atoms with van der Waals surface area (Å²) in [6.07, 6.45) is 6.89. The van der Waals surface area contributed by atoms with E-state index in [0.29, 0.717) is 50.0 Å². The first-order chi connectivity index (χ1) is 26.5. The fourth-order valence-corrected chi connectivity index (χ4v) is 12.9. The van der Waals surface area contributed by atoms with Gasteiger partial charge in [-0.05, 0) is 79.5 Å². The SMILES string of the molecule is CCC1=C[C@@H]2CN(CCc3c([nH]c4ccccc34)[C@@](C(=O)OC)(c3cc4c(cc3OC)N(C)[C@@H]3[C@]45CCN4C(=O)CC[C@@](CC)(C[C@]3(O)C(=O)OC)[C@H]45)C2)C1. The minimum atomic E-state index is -1.85. The number of piperidine rings is 1. The van der Waals surface area contributed by atoms with Crippen molar-refractivity contribution in [3.63, 3.8) is 0 Å². The van der Waals surface area contributed by atoms with Crippen LogP contribution < -0.4 is 9.64 Å². The molecule has 5 aliphatic heterocycles. The fraction of sp³-hybridized carbons (Fsp3) is 0.568. The number of rotatable bonds is 6. The van der Waals surface area contributed by atoms with E-state index in [1.807, 2.05) is 35.0 Å². The summed E-state index contributed by atoms with van der Waals surface area (Å²) in [5.74, 6) is -0.348. The summed E-state index contributed by atoms with van der Waals surface area (Å²) in [5, 5.41) is 14.0. The van der Waals surface area contributed by atoms with Crippen LogP contribution in [-0.4, -0.2) is 110 Å². The Labute approximate surface area is 323 Å². The molecular formula is C44H54N4O7. The van der Waals surface area contributed by atoms with Crippen molar-refractivity contribution in [3.05, 3.63) is 70.4 Å². The van der Waals surface area contributed by atoms with Crippen molar-refractivity contribution in [1.29, 1.82) is 0 Å². The second-order valence-electron chi connectivity index (χ2n) is 17.2. The Morgan fingerprint density at radius 3 is 2.49 bits per heavy atom. The Bertz CT molecular complexity index is 2140. The molecule has 2 N–H and O–H groups in total. The Kier molecular flexibility index (Phi) is 8.30. The number of esters is 2. The van der Waals surface area contributed by atoms with Crippen molar-refractivity contribution < 1.29 is 33.7 Å². The van der Waals surface area contributed by atoms with Gasteiger partial charge in [0.25, 0.3) is 0 Å². The summed E-state index contributed by atoms with van der Waals surface area (Å²) in [7, 11) is 6.38. The van der Waals surface area contributed by atoms with Crippen LogP contribution in [0.2, 0.25) is 0 Å². The third-order valence-electron chi connectivity index (χ3n) is 15.0. The van der Waals surface area contributed by atoms with Gasteiger partial charge in [-0.1, -0.05) is 43.7 Å². The number of aromatic nitrogens is 1. The zero-order valence-corrected chi connectivity index (χ0v) is 33.0.